The van der Waals surface area contributed by atoms with Crippen LogP contribution in [0.2, 0.25) is 0 Å². The lowest BCUT2D eigenvalue weighted by molar-refractivity contribution is -0.128. The van der Waals surface area contributed by atoms with Crippen molar-refractivity contribution in [3.63, 3.8) is 0 Å². The third-order valence-corrected chi connectivity index (χ3v) is 5.12. The summed E-state index contributed by atoms with van der Waals surface area (Å²) < 4.78 is 0. The molecule has 0 aromatic rings. The molecule has 102 valence electrons. The van der Waals surface area contributed by atoms with Crippen LogP contribution in [0.5, 0.6) is 0 Å². The number of hydrazine groups is 1. The van der Waals surface area contributed by atoms with Crippen molar-refractivity contribution in [1.82, 2.24) is 15.3 Å². The maximum Gasteiger partial charge on any atom is 0.234 e. The minimum absolute atomic E-state index is 0.247. The van der Waals surface area contributed by atoms with Crippen LogP contribution < -0.4 is 5.43 Å². The van der Waals surface area contributed by atoms with Gasteiger partial charge < -0.3 is 4.90 Å². The van der Waals surface area contributed by atoms with Gasteiger partial charge in [0.15, 0.2) is 0 Å². The SMILES string of the molecule is CN1CCN(NC(=O)C[C@H]2C[C@H]3CC[C@@H]2C3)CC1. The molecule has 2 aliphatic carbocycles. The van der Waals surface area contributed by atoms with E-state index >= 15 is 0 Å². The van der Waals surface area contributed by atoms with Gasteiger partial charge in [-0.3, -0.25) is 10.2 Å². The van der Waals surface area contributed by atoms with Gasteiger partial charge in [-0.2, -0.15) is 0 Å². The summed E-state index contributed by atoms with van der Waals surface area (Å²) in [6.07, 6.45) is 6.25. The topological polar surface area (TPSA) is 35.6 Å². The molecule has 2 bridgehead atoms. The summed E-state index contributed by atoms with van der Waals surface area (Å²) in [6, 6.07) is 0. The van der Waals surface area contributed by atoms with Crippen molar-refractivity contribution in [3.05, 3.63) is 0 Å². The molecule has 3 aliphatic rings. The summed E-state index contributed by atoms with van der Waals surface area (Å²) in [6.45, 7) is 4.01. The smallest absolute Gasteiger partial charge is 0.234 e. The standard InChI is InChI=1S/C14H25N3O/c1-16-4-6-17(7-5-16)15-14(18)10-13-9-11-2-3-12(13)8-11/h11-13H,2-10H2,1H3,(H,15,18)/t11-,12+,13+/m0/s1. The summed E-state index contributed by atoms with van der Waals surface area (Å²) in [4.78, 5) is 14.4. The molecule has 0 spiro atoms. The lowest BCUT2D eigenvalue weighted by Crippen LogP contribution is -2.52. The molecule has 1 amide bonds. The van der Waals surface area contributed by atoms with E-state index in [-0.39, 0.29) is 5.91 Å². The molecule has 3 rings (SSSR count). The van der Waals surface area contributed by atoms with Gasteiger partial charge in [0.2, 0.25) is 5.91 Å². The van der Waals surface area contributed by atoms with Crippen molar-refractivity contribution < 1.29 is 4.79 Å². The highest BCUT2D eigenvalue weighted by atomic mass is 16.2. The summed E-state index contributed by atoms with van der Waals surface area (Å²) in [5.41, 5.74) is 3.09. The van der Waals surface area contributed by atoms with Crippen LogP contribution in [0, 0.1) is 17.8 Å². The maximum atomic E-state index is 12.1. The Morgan fingerprint density at radius 1 is 1.17 bits per heavy atom. The zero-order chi connectivity index (χ0) is 12.5. The van der Waals surface area contributed by atoms with Crippen LogP contribution in [0.25, 0.3) is 0 Å². The van der Waals surface area contributed by atoms with Crippen LogP contribution in [0.1, 0.15) is 32.1 Å². The Balaban J connectivity index is 1.42. The van der Waals surface area contributed by atoms with E-state index in [1.165, 1.54) is 25.7 Å². The molecular weight excluding hydrogens is 226 g/mol. The minimum Gasteiger partial charge on any atom is -0.304 e. The molecule has 0 aromatic carbocycles. The van der Waals surface area contributed by atoms with Crippen molar-refractivity contribution >= 4 is 5.91 Å². The Hall–Kier alpha value is -0.610. The quantitative estimate of drug-likeness (QED) is 0.815. The second-order valence-electron chi connectivity index (χ2n) is 6.46. The summed E-state index contributed by atoms with van der Waals surface area (Å²) >= 11 is 0. The van der Waals surface area contributed by atoms with Gasteiger partial charge >= 0.3 is 0 Å². The molecule has 1 N–H and O–H groups in total. The van der Waals surface area contributed by atoms with Crippen LogP contribution in [0.3, 0.4) is 0 Å². The molecule has 0 radical (unpaired) electrons. The van der Waals surface area contributed by atoms with Gasteiger partial charge in [-0.25, -0.2) is 5.01 Å². The molecule has 1 aliphatic heterocycles. The fourth-order valence-electron chi connectivity index (χ4n) is 4.00. The van der Waals surface area contributed by atoms with Crippen molar-refractivity contribution in [2.45, 2.75) is 32.1 Å². The lowest BCUT2D eigenvalue weighted by atomic mass is 9.86. The number of carbonyl (C=O) groups excluding carboxylic acids is 1. The summed E-state index contributed by atoms with van der Waals surface area (Å²) in [5, 5.41) is 2.09. The van der Waals surface area contributed by atoms with Crippen LogP contribution in [-0.4, -0.2) is 49.0 Å². The Morgan fingerprint density at radius 3 is 2.56 bits per heavy atom. The Labute approximate surface area is 110 Å². The molecule has 0 unspecified atom stereocenters. The fourth-order valence-corrected chi connectivity index (χ4v) is 4.00. The molecule has 3 fully saturated rings. The largest absolute Gasteiger partial charge is 0.304 e. The van der Waals surface area contributed by atoms with Crippen LogP contribution >= 0.6 is 0 Å². The Morgan fingerprint density at radius 2 is 1.94 bits per heavy atom. The maximum absolute atomic E-state index is 12.1. The predicted molar refractivity (Wildman–Crippen MR) is 70.8 cm³/mol. The number of rotatable bonds is 3. The fraction of sp³-hybridized carbons (Fsp3) is 0.929. The number of carbonyl (C=O) groups is 1. The number of likely N-dealkylation sites (N-methyl/N-ethyl adjacent to an activating group) is 1. The third kappa shape index (κ3) is 2.69. The summed E-state index contributed by atoms with van der Waals surface area (Å²) in [5.74, 6) is 2.72. The highest BCUT2D eigenvalue weighted by molar-refractivity contribution is 5.75. The zero-order valence-electron chi connectivity index (χ0n) is 11.4. The predicted octanol–water partition coefficient (Wildman–Crippen LogP) is 1.09. The lowest BCUT2D eigenvalue weighted by Gasteiger charge is -2.33. The average molecular weight is 251 g/mol. The van der Waals surface area contributed by atoms with Crippen LogP contribution in [0.4, 0.5) is 0 Å². The molecule has 2 saturated carbocycles. The number of fused-ring (bicyclic) bond motifs is 2. The highest BCUT2D eigenvalue weighted by Gasteiger charge is 2.40. The minimum atomic E-state index is 0.247. The molecular formula is C14H25N3O. The number of hydrogen-bond acceptors (Lipinski definition) is 3. The van der Waals surface area contributed by atoms with E-state index in [4.69, 9.17) is 0 Å². The van der Waals surface area contributed by atoms with E-state index in [2.05, 4.69) is 22.4 Å². The van der Waals surface area contributed by atoms with Gasteiger partial charge in [-0.15, -0.1) is 0 Å². The normalized spacial score (nSPS) is 37.1. The van der Waals surface area contributed by atoms with Gasteiger partial charge in [-0.1, -0.05) is 6.42 Å². The summed E-state index contributed by atoms with van der Waals surface area (Å²) in [7, 11) is 2.13. The van der Waals surface area contributed by atoms with E-state index in [9.17, 15) is 4.79 Å². The average Bonchev–Trinajstić information content (AvgIpc) is 2.94. The first-order chi connectivity index (χ1) is 8.70. The van der Waals surface area contributed by atoms with Crippen molar-refractivity contribution in [2.75, 3.05) is 33.2 Å². The first-order valence-corrected chi connectivity index (χ1v) is 7.43. The zero-order valence-corrected chi connectivity index (χ0v) is 11.4. The third-order valence-electron chi connectivity index (χ3n) is 5.12. The van der Waals surface area contributed by atoms with Crippen molar-refractivity contribution in [3.8, 4) is 0 Å². The molecule has 1 saturated heterocycles. The number of nitrogens with one attached hydrogen (secondary N) is 1. The van der Waals surface area contributed by atoms with E-state index in [1.54, 1.807) is 0 Å². The van der Waals surface area contributed by atoms with Crippen molar-refractivity contribution in [1.29, 1.82) is 0 Å². The van der Waals surface area contributed by atoms with E-state index < -0.39 is 0 Å². The van der Waals surface area contributed by atoms with Crippen LogP contribution in [-0.2, 0) is 4.79 Å². The second kappa shape index (κ2) is 5.17. The first-order valence-electron chi connectivity index (χ1n) is 7.43. The molecule has 18 heavy (non-hydrogen) atoms. The van der Waals surface area contributed by atoms with Crippen molar-refractivity contribution in [2.24, 2.45) is 17.8 Å². The van der Waals surface area contributed by atoms with Crippen LogP contribution in [0.15, 0.2) is 0 Å². The van der Waals surface area contributed by atoms with Gasteiger partial charge in [0.1, 0.15) is 0 Å². The molecule has 4 heteroatoms. The van der Waals surface area contributed by atoms with Gasteiger partial charge in [-0.05, 0) is 44.1 Å². The van der Waals surface area contributed by atoms with Gasteiger partial charge in [0, 0.05) is 32.6 Å². The van der Waals surface area contributed by atoms with E-state index in [0.29, 0.717) is 5.92 Å². The molecule has 3 atom stereocenters. The molecule has 4 nitrogen and oxygen atoms in total. The Bertz CT molecular complexity index is 312. The highest BCUT2D eigenvalue weighted by Crippen LogP contribution is 2.49. The van der Waals surface area contributed by atoms with E-state index in [0.717, 1.165) is 44.4 Å². The van der Waals surface area contributed by atoms with E-state index in [1.807, 2.05) is 0 Å². The van der Waals surface area contributed by atoms with Gasteiger partial charge in [0.25, 0.3) is 0 Å². The molecule has 1 heterocycles. The number of nitrogens with zero attached hydrogens (tertiary/aromatic N) is 2. The number of piperazine rings is 1. The number of hydrogen-bond donors (Lipinski definition) is 1. The van der Waals surface area contributed by atoms with Gasteiger partial charge in [0.05, 0.1) is 0 Å². The second-order valence-corrected chi connectivity index (χ2v) is 6.46. The Kier molecular flexibility index (Phi) is 3.57. The monoisotopic (exact) mass is 251 g/mol. The first kappa shape index (κ1) is 12.4. The number of amides is 1. The molecule has 0 aromatic heterocycles.